The molecule has 50 heavy (non-hydrogen) atoms. The SMILES string of the molecule is O=C([O-])C12CC3CC(CC(C3)C1)C2.c1ccc([S+](c2ccccc2)c2c(C3CCCCC3)cc(C3CCCCC3)cc2C2CCCCC2)cc1. The van der Waals surface area contributed by atoms with Crippen LogP contribution >= 0.6 is 0 Å². The van der Waals surface area contributed by atoms with Gasteiger partial charge in [-0.15, -0.1) is 0 Å². The van der Waals surface area contributed by atoms with Crippen LogP contribution in [0.5, 0.6) is 0 Å². The Morgan fingerprint density at radius 3 is 1.30 bits per heavy atom. The van der Waals surface area contributed by atoms with Crippen molar-refractivity contribution >= 4 is 16.9 Å². The van der Waals surface area contributed by atoms with Crippen LogP contribution in [0, 0.1) is 23.2 Å². The summed E-state index contributed by atoms with van der Waals surface area (Å²) in [6, 6.07) is 28.6. The third-order valence-electron chi connectivity index (χ3n) is 14.0. The van der Waals surface area contributed by atoms with E-state index in [1.807, 2.05) is 0 Å². The summed E-state index contributed by atoms with van der Waals surface area (Å²) in [6.07, 6.45) is 27.7. The Morgan fingerprint density at radius 1 is 0.540 bits per heavy atom. The number of carbonyl (C=O) groups excluding carboxylic acids is 1. The first-order valence-electron chi connectivity index (χ1n) is 20.8. The summed E-state index contributed by atoms with van der Waals surface area (Å²) in [5.41, 5.74) is 4.81. The van der Waals surface area contributed by atoms with Crippen LogP contribution in [0.25, 0.3) is 0 Å². The van der Waals surface area contributed by atoms with Gasteiger partial charge in [0.25, 0.3) is 0 Å². The van der Waals surface area contributed by atoms with Gasteiger partial charge in [-0.25, -0.2) is 0 Å². The highest BCUT2D eigenvalue weighted by Gasteiger charge is 2.51. The zero-order chi connectivity index (χ0) is 33.9. The molecule has 266 valence electrons. The van der Waals surface area contributed by atoms with E-state index in [0.29, 0.717) is 17.8 Å². The van der Waals surface area contributed by atoms with Gasteiger partial charge >= 0.3 is 0 Å². The summed E-state index contributed by atoms with van der Waals surface area (Å²) in [5, 5.41) is 11.1. The van der Waals surface area contributed by atoms with Crippen molar-refractivity contribution in [2.24, 2.45) is 23.2 Å². The molecule has 0 aromatic heterocycles. The van der Waals surface area contributed by atoms with Crippen molar-refractivity contribution < 1.29 is 9.90 Å². The average Bonchev–Trinajstić information content (AvgIpc) is 3.16. The van der Waals surface area contributed by atoms with Gasteiger partial charge in [-0.2, -0.15) is 0 Å². The molecule has 4 bridgehead atoms. The topological polar surface area (TPSA) is 40.1 Å². The quantitative estimate of drug-likeness (QED) is 0.232. The molecule has 7 aliphatic carbocycles. The Kier molecular flexibility index (Phi) is 10.8. The van der Waals surface area contributed by atoms with Crippen LogP contribution in [-0.4, -0.2) is 5.97 Å². The number of carbonyl (C=O) groups is 1. The highest BCUT2D eigenvalue weighted by molar-refractivity contribution is 7.97. The third-order valence-corrected chi connectivity index (χ3v) is 16.3. The maximum atomic E-state index is 11.1. The van der Waals surface area contributed by atoms with Crippen molar-refractivity contribution in [2.75, 3.05) is 0 Å². The van der Waals surface area contributed by atoms with Gasteiger partial charge in [0.2, 0.25) is 0 Å². The van der Waals surface area contributed by atoms with Gasteiger partial charge < -0.3 is 9.90 Å². The summed E-state index contributed by atoms with van der Waals surface area (Å²) in [7, 11) is -0.0543. The molecule has 2 nitrogen and oxygen atoms in total. The molecule has 0 N–H and O–H groups in total. The van der Waals surface area contributed by atoms with Crippen molar-refractivity contribution in [1.29, 1.82) is 0 Å². The Hall–Kier alpha value is -2.52. The first-order chi connectivity index (χ1) is 24.6. The lowest BCUT2D eigenvalue weighted by molar-refractivity contribution is -0.327. The second-order valence-corrected chi connectivity index (χ2v) is 19.4. The van der Waals surface area contributed by atoms with E-state index in [-0.39, 0.29) is 10.9 Å². The molecular weight excluding hydrogens is 629 g/mol. The third kappa shape index (κ3) is 7.37. The molecule has 7 aliphatic rings. The normalized spacial score (nSPS) is 28.7. The van der Waals surface area contributed by atoms with Gasteiger partial charge in [0.15, 0.2) is 14.7 Å². The maximum absolute atomic E-state index is 11.1. The number of hydrogen-bond donors (Lipinski definition) is 0. The molecule has 3 aromatic carbocycles. The van der Waals surface area contributed by atoms with E-state index in [2.05, 4.69) is 72.8 Å². The molecule has 0 atom stereocenters. The number of carboxylic acids is 1. The van der Waals surface area contributed by atoms with E-state index >= 15 is 0 Å². The summed E-state index contributed by atoms with van der Waals surface area (Å²) in [4.78, 5) is 15.9. The fourth-order valence-electron chi connectivity index (χ4n) is 11.9. The summed E-state index contributed by atoms with van der Waals surface area (Å²) >= 11 is 0. The number of hydrogen-bond acceptors (Lipinski definition) is 2. The van der Waals surface area contributed by atoms with E-state index in [9.17, 15) is 9.90 Å². The zero-order valence-electron chi connectivity index (χ0n) is 30.5. The molecule has 10 rings (SSSR count). The molecule has 0 amide bonds. The predicted molar refractivity (Wildman–Crippen MR) is 205 cm³/mol. The number of carboxylic acid groups (broad SMARTS) is 1. The Morgan fingerprint density at radius 2 is 0.920 bits per heavy atom. The first kappa shape index (κ1) is 34.6. The molecule has 3 aromatic rings. The minimum Gasteiger partial charge on any atom is -0.550 e. The molecule has 0 aliphatic heterocycles. The highest BCUT2D eigenvalue weighted by Crippen LogP contribution is 2.59. The monoisotopic (exact) mass is 688 g/mol. The van der Waals surface area contributed by atoms with Crippen LogP contribution in [0.3, 0.4) is 0 Å². The van der Waals surface area contributed by atoms with Gasteiger partial charge in [-0.05, 0) is 142 Å². The highest BCUT2D eigenvalue weighted by atomic mass is 32.2. The molecule has 0 heterocycles. The van der Waals surface area contributed by atoms with Gasteiger partial charge in [-0.1, -0.05) is 106 Å². The van der Waals surface area contributed by atoms with Gasteiger partial charge in [0, 0.05) is 22.5 Å². The lowest BCUT2D eigenvalue weighted by Crippen LogP contribution is -2.54. The second-order valence-electron chi connectivity index (χ2n) is 17.5. The van der Waals surface area contributed by atoms with E-state index in [1.165, 1.54) is 125 Å². The minimum absolute atomic E-state index is 0.0543. The Labute approximate surface area is 305 Å². The summed E-state index contributed by atoms with van der Waals surface area (Å²) in [6.45, 7) is 0. The van der Waals surface area contributed by atoms with Crippen molar-refractivity contribution in [1.82, 2.24) is 0 Å². The van der Waals surface area contributed by atoms with Crippen molar-refractivity contribution in [3.63, 3.8) is 0 Å². The lowest BCUT2D eigenvalue weighted by atomic mass is 9.49. The second kappa shape index (κ2) is 15.6. The van der Waals surface area contributed by atoms with E-state index < -0.39 is 11.4 Å². The summed E-state index contributed by atoms with van der Waals surface area (Å²) < 4.78 is 0. The maximum Gasteiger partial charge on any atom is 0.173 e. The van der Waals surface area contributed by atoms with Crippen molar-refractivity contribution in [2.45, 2.75) is 167 Å². The predicted octanol–water partition coefficient (Wildman–Crippen LogP) is 11.9. The number of benzene rings is 3. The van der Waals surface area contributed by atoms with Crippen LogP contribution in [0.2, 0.25) is 0 Å². The van der Waals surface area contributed by atoms with Gasteiger partial charge in [0.05, 0.1) is 10.9 Å². The molecule has 0 spiro atoms. The Bertz CT molecular complexity index is 1450. The smallest absolute Gasteiger partial charge is 0.173 e. The zero-order valence-corrected chi connectivity index (χ0v) is 31.3. The molecule has 7 fully saturated rings. The molecule has 0 saturated heterocycles. The van der Waals surface area contributed by atoms with Crippen molar-refractivity contribution in [3.05, 3.63) is 89.5 Å². The van der Waals surface area contributed by atoms with Crippen LogP contribution in [0.1, 0.15) is 169 Å². The van der Waals surface area contributed by atoms with Crippen molar-refractivity contribution in [3.8, 4) is 0 Å². The van der Waals surface area contributed by atoms with E-state index in [1.54, 1.807) is 21.6 Å². The largest absolute Gasteiger partial charge is 0.550 e. The first-order valence-corrected chi connectivity index (χ1v) is 22.0. The molecular formula is C47H60O2S. The van der Waals surface area contributed by atoms with Crippen LogP contribution < -0.4 is 5.11 Å². The van der Waals surface area contributed by atoms with Crippen LogP contribution in [0.15, 0.2) is 87.5 Å². The lowest BCUT2D eigenvalue weighted by Gasteiger charge is -2.57. The molecule has 3 heteroatoms. The van der Waals surface area contributed by atoms with Gasteiger partial charge in [-0.3, -0.25) is 0 Å². The summed E-state index contributed by atoms with van der Waals surface area (Å²) in [5.74, 6) is 3.63. The Balaban J connectivity index is 0.000000230. The van der Waals surface area contributed by atoms with E-state index in [4.69, 9.17) is 0 Å². The minimum atomic E-state index is -0.758. The fraction of sp³-hybridized carbons (Fsp3) is 0.596. The standard InChI is InChI=1S/C36H45S.C11H16O2/c1-6-16-28(17-7-1)31-26-34(29-18-8-2-9-19-29)36(35(27-31)30-20-10-3-11-21-30)37(32-22-12-4-13-23-32)33-24-14-5-15-25-33;12-10(13)11-4-7-1-8(5-11)3-9(2-7)6-11/h4-5,12-15,22-30H,1-3,6-11,16-21H2;7-9H,1-6H2,(H,12,13)/q+1;/p-1. The number of aliphatic carboxylic acids is 1. The van der Waals surface area contributed by atoms with Crippen LogP contribution in [0.4, 0.5) is 0 Å². The molecule has 0 radical (unpaired) electrons. The van der Waals surface area contributed by atoms with Gasteiger partial charge in [0.1, 0.15) is 0 Å². The number of rotatable bonds is 7. The van der Waals surface area contributed by atoms with Crippen LogP contribution in [-0.2, 0) is 15.7 Å². The van der Waals surface area contributed by atoms with E-state index in [0.717, 1.165) is 37.0 Å². The molecule has 7 saturated carbocycles. The average molecular weight is 689 g/mol. The molecule has 0 unspecified atom stereocenters. The fourth-order valence-corrected chi connectivity index (χ4v) is 14.4.